The maximum atomic E-state index is 13.6. The maximum absolute atomic E-state index is 13.6. The summed E-state index contributed by atoms with van der Waals surface area (Å²) in [4.78, 5) is 44.6. The SMILES string of the molecule is CCCCn1c(N)c(N(CC)C(=O)CN(Cc2ccc3c(c2)OCO3)C2CCCC2)c(=O)[nH]c1=O. The number of nitrogens with one attached hydrogen (secondary N) is 1. The van der Waals surface area contributed by atoms with Gasteiger partial charge in [-0.25, -0.2) is 4.79 Å². The third kappa shape index (κ3) is 5.37. The smallest absolute Gasteiger partial charge is 0.330 e. The van der Waals surface area contributed by atoms with Crippen molar-refractivity contribution in [2.75, 3.05) is 30.5 Å². The molecule has 10 nitrogen and oxygen atoms in total. The van der Waals surface area contributed by atoms with Gasteiger partial charge in [0.25, 0.3) is 5.56 Å². The minimum absolute atomic E-state index is 0.0330. The van der Waals surface area contributed by atoms with Crippen LogP contribution >= 0.6 is 0 Å². The number of benzene rings is 1. The van der Waals surface area contributed by atoms with Gasteiger partial charge in [0, 0.05) is 25.7 Å². The fourth-order valence-corrected chi connectivity index (χ4v) is 4.95. The lowest BCUT2D eigenvalue weighted by atomic mass is 10.1. The number of nitrogens with zero attached hydrogens (tertiary/aromatic N) is 3. The van der Waals surface area contributed by atoms with E-state index in [-0.39, 0.29) is 43.3 Å². The molecule has 4 rings (SSSR count). The fourth-order valence-electron chi connectivity index (χ4n) is 4.95. The lowest BCUT2D eigenvalue weighted by Crippen LogP contribution is -2.46. The molecule has 0 spiro atoms. The normalized spacial score (nSPS) is 15.2. The van der Waals surface area contributed by atoms with E-state index in [1.54, 1.807) is 6.92 Å². The molecule has 1 aliphatic heterocycles. The van der Waals surface area contributed by atoms with Crippen LogP contribution in [0.2, 0.25) is 0 Å². The van der Waals surface area contributed by atoms with Gasteiger partial charge in [0.05, 0.1) is 6.54 Å². The molecule has 0 unspecified atom stereocenters. The van der Waals surface area contributed by atoms with Gasteiger partial charge in [-0.1, -0.05) is 32.3 Å². The van der Waals surface area contributed by atoms with E-state index < -0.39 is 11.2 Å². The lowest BCUT2D eigenvalue weighted by molar-refractivity contribution is -0.120. The van der Waals surface area contributed by atoms with E-state index in [1.807, 2.05) is 25.1 Å². The van der Waals surface area contributed by atoms with Crippen LogP contribution in [0, 0.1) is 0 Å². The largest absolute Gasteiger partial charge is 0.454 e. The summed E-state index contributed by atoms with van der Waals surface area (Å²) >= 11 is 0. The van der Waals surface area contributed by atoms with Crippen molar-refractivity contribution in [2.45, 2.75) is 71.5 Å². The molecule has 3 N–H and O–H groups in total. The Morgan fingerprint density at radius 2 is 1.91 bits per heavy atom. The molecule has 1 fully saturated rings. The van der Waals surface area contributed by atoms with Gasteiger partial charge in [0.15, 0.2) is 17.2 Å². The van der Waals surface area contributed by atoms with Gasteiger partial charge in [-0.3, -0.25) is 24.0 Å². The summed E-state index contributed by atoms with van der Waals surface area (Å²) in [5.74, 6) is 1.25. The number of fused-ring (bicyclic) bond motifs is 1. The number of likely N-dealkylation sites (N-methyl/N-ethyl adjacent to an activating group) is 1. The summed E-state index contributed by atoms with van der Waals surface area (Å²) in [7, 11) is 0. The second kappa shape index (κ2) is 11.0. The number of H-pyrrole nitrogens is 1. The summed E-state index contributed by atoms with van der Waals surface area (Å²) in [6.45, 7) is 5.39. The van der Waals surface area contributed by atoms with Crippen LogP contribution in [0.3, 0.4) is 0 Å². The van der Waals surface area contributed by atoms with Gasteiger partial charge in [0.1, 0.15) is 5.82 Å². The number of hydrogen-bond donors (Lipinski definition) is 2. The van der Waals surface area contributed by atoms with Gasteiger partial charge in [-0.2, -0.15) is 0 Å². The Morgan fingerprint density at radius 1 is 1.17 bits per heavy atom. The molecule has 0 saturated heterocycles. The Bertz CT molecular complexity index is 1170. The summed E-state index contributed by atoms with van der Waals surface area (Å²) in [6, 6.07) is 6.12. The maximum Gasteiger partial charge on any atom is 0.330 e. The zero-order valence-corrected chi connectivity index (χ0v) is 20.5. The van der Waals surface area contributed by atoms with Crippen LogP contribution in [0.25, 0.3) is 0 Å². The van der Waals surface area contributed by atoms with E-state index in [9.17, 15) is 14.4 Å². The molecule has 1 aromatic heterocycles. The highest BCUT2D eigenvalue weighted by Crippen LogP contribution is 2.34. The minimum atomic E-state index is -0.640. The molecule has 35 heavy (non-hydrogen) atoms. The monoisotopic (exact) mass is 485 g/mol. The zero-order chi connectivity index (χ0) is 24.9. The number of nitrogens with two attached hydrogens (primary N) is 1. The van der Waals surface area contributed by atoms with E-state index in [0.29, 0.717) is 18.8 Å². The number of unbranched alkanes of at least 4 members (excludes halogenated alkanes) is 1. The molecule has 1 aliphatic carbocycles. The minimum Gasteiger partial charge on any atom is -0.454 e. The molecule has 1 saturated carbocycles. The lowest BCUT2D eigenvalue weighted by Gasteiger charge is -2.31. The summed E-state index contributed by atoms with van der Waals surface area (Å²) in [5, 5.41) is 0. The number of aromatic nitrogens is 2. The molecule has 0 radical (unpaired) electrons. The Hall–Kier alpha value is -3.27. The van der Waals surface area contributed by atoms with Crippen LogP contribution in [0.5, 0.6) is 11.5 Å². The second-order valence-electron chi connectivity index (χ2n) is 9.17. The standard InChI is InChI=1S/C25H35N5O5/c1-3-5-12-30-23(26)22(24(32)27-25(30)33)29(4-2)21(31)15-28(18-8-6-7-9-18)14-17-10-11-19-20(13-17)35-16-34-19/h10-11,13,18H,3-9,12,14-16,26H2,1-2H3,(H,27,32,33). The summed E-state index contributed by atoms with van der Waals surface area (Å²) in [6.07, 6.45) is 5.91. The average molecular weight is 486 g/mol. The number of hydrogen-bond acceptors (Lipinski definition) is 7. The number of rotatable bonds is 10. The van der Waals surface area contributed by atoms with E-state index in [2.05, 4.69) is 9.88 Å². The van der Waals surface area contributed by atoms with E-state index in [4.69, 9.17) is 15.2 Å². The highest BCUT2D eigenvalue weighted by Gasteiger charge is 2.29. The summed E-state index contributed by atoms with van der Waals surface area (Å²) in [5.41, 5.74) is 6.16. The van der Waals surface area contributed by atoms with Gasteiger partial charge in [0.2, 0.25) is 12.7 Å². The van der Waals surface area contributed by atoms with Crippen molar-refractivity contribution in [1.29, 1.82) is 0 Å². The molecule has 0 bridgehead atoms. The third-order valence-electron chi connectivity index (χ3n) is 6.84. The number of anilines is 2. The molecule has 1 aromatic carbocycles. The van der Waals surface area contributed by atoms with Crippen LogP contribution < -0.4 is 31.4 Å². The van der Waals surface area contributed by atoms with Crippen molar-refractivity contribution in [1.82, 2.24) is 14.5 Å². The van der Waals surface area contributed by atoms with Crippen LogP contribution in [-0.2, 0) is 17.9 Å². The number of ether oxygens (including phenoxy) is 2. The first kappa shape index (κ1) is 24.8. The van der Waals surface area contributed by atoms with E-state index in [1.165, 1.54) is 9.47 Å². The topological polar surface area (TPSA) is 123 Å². The Kier molecular flexibility index (Phi) is 7.80. The quantitative estimate of drug-likeness (QED) is 0.530. The van der Waals surface area contributed by atoms with Crippen molar-refractivity contribution in [3.63, 3.8) is 0 Å². The van der Waals surface area contributed by atoms with Gasteiger partial charge in [-0.05, 0) is 43.9 Å². The van der Waals surface area contributed by atoms with Crippen molar-refractivity contribution in [3.8, 4) is 11.5 Å². The predicted molar refractivity (Wildman–Crippen MR) is 134 cm³/mol. The zero-order valence-electron chi connectivity index (χ0n) is 20.5. The second-order valence-corrected chi connectivity index (χ2v) is 9.17. The molecule has 1 amide bonds. The number of aromatic amines is 1. The van der Waals surface area contributed by atoms with Crippen LogP contribution in [0.15, 0.2) is 27.8 Å². The van der Waals surface area contributed by atoms with Crippen molar-refractivity contribution < 1.29 is 14.3 Å². The average Bonchev–Trinajstić information content (AvgIpc) is 3.53. The molecular weight excluding hydrogens is 450 g/mol. The molecule has 2 aromatic rings. The van der Waals surface area contributed by atoms with Crippen LogP contribution in [0.4, 0.5) is 11.5 Å². The van der Waals surface area contributed by atoms with E-state index in [0.717, 1.165) is 49.8 Å². The van der Waals surface area contributed by atoms with Crippen LogP contribution in [-0.4, -0.2) is 46.3 Å². The predicted octanol–water partition coefficient (Wildman–Crippen LogP) is 2.45. The van der Waals surface area contributed by atoms with Gasteiger partial charge in [-0.15, -0.1) is 0 Å². The number of nitrogen functional groups attached to an aromatic ring is 1. The van der Waals surface area contributed by atoms with Gasteiger partial charge >= 0.3 is 5.69 Å². The van der Waals surface area contributed by atoms with Crippen LogP contribution in [0.1, 0.15) is 57.9 Å². The van der Waals surface area contributed by atoms with Crippen molar-refractivity contribution in [2.24, 2.45) is 0 Å². The third-order valence-corrected chi connectivity index (χ3v) is 6.84. The van der Waals surface area contributed by atoms with Crippen molar-refractivity contribution in [3.05, 3.63) is 44.6 Å². The van der Waals surface area contributed by atoms with E-state index >= 15 is 0 Å². The first-order valence-corrected chi connectivity index (χ1v) is 12.5. The fraction of sp³-hybridized carbons (Fsp3) is 0.560. The first-order chi connectivity index (χ1) is 16.9. The Balaban J connectivity index is 1.59. The Labute approximate surface area is 204 Å². The Morgan fingerprint density at radius 3 is 2.63 bits per heavy atom. The number of carbonyl (C=O) groups is 1. The summed E-state index contributed by atoms with van der Waals surface area (Å²) < 4.78 is 12.3. The molecule has 0 atom stereocenters. The molecule has 190 valence electrons. The highest BCUT2D eigenvalue weighted by molar-refractivity contribution is 5.96. The molecular formula is C25H35N5O5. The molecule has 2 aliphatic rings. The number of amides is 1. The van der Waals surface area contributed by atoms with Gasteiger partial charge < -0.3 is 20.1 Å². The van der Waals surface area contributed by atoms with Crippen molar-refractivity contribution >= 4 is 17.4 Å². The first-order valence-electron chi connectivity index (χ1n) is 12.5. The number of carbonyl (C=O) groups excluding carboxylic acids is 1. The highest BCUT2D eigenvalue weighted by atomic mass is 16.7. The molecule has 10 heteroatoms. The molecule has 2 heterocycles.